The van der Waals surface area contributed by atoms with Crippen LogP contribution in [0.2, 0.25) is 0 Å². The van der Waals surface area contributed by atoms with Crippen molar-refractivity contribution in [3.05, 3.63) is 59.9 Å². The minimum atomic E-state index is 0.151. The molecule has 0 radical (unpaired) electrons. The summed E-state index contributed by atoms with van der Waals surface area (Å²) in [6.07, 6.45) is 2.88. The van der Waals surface area contributed by atoms with Gasteiger partial charge in [-0.15, -0.1) is 0 Å². The van der Waals surface area contributed by atoms with Crippen molar-refractivity contribution in [2.45, 2.75) is 32.2 Å². The van der Waals surface area contributed by atoms with E-state index in [9.17, 15) is 0 Å². The second-order valence-corrected chi connectivity index (χ2v) is 5.05. The molecule has 0 aliphatic rings. The SMILES string of the molecule is CCNC(c1ncccc1OC)C(CC)c1ccccc1. The van der Waals surface area contributed by atoms with Crippen molar-refractivity contribution < 1.29 is 4.74 Å². The molecule has 0 aliphatic carbocycles. The molecule has 2 rings (SSSR count). The summed E-state index contributed by atoms with van der Waals surface area (Å²) in [5.41, 5.74) is 2.32. The number of rotatable bonds is 7. The smallest absolute Gasteiger partial charge is 0.142 e. The van der Waals surface area contributed by atoms with E-state index in [1.54, 1.807) is 7.11 Å². The Kier molecular flexibility index (Phi) is 5.76. The molecule has 2 aromatic rings. The molecule has 1 N–H and O–H groups in total. The molecule has 0 saturated carbocycles. The Bertz CT molecular complexity index is 542. The van der Waals surface area contributed by atoms with Gasteiger partial charge in [-0.2, -0.15) is 0 Å². The summed E-state index contributed by atoms with van der Waals surface area (Å²) in [6.45, 7) is 5.24. The second-order valence-electron chi connectivity index (χ2n) is 5.05. The average molecular weight is 284 g/mol. The highest BCUT2D eigenvalue weighted by Crippen LogP contribution is 2.36. The van der Waals surface area contributed by atoms with Crippen LogP contribution in [0.1, 0.15) is 43.5 Å². The first-order valence-electron chi connectivity index (χ1n) is 7.59. The molecule has 0 saturated heterocycles. The average Bonchev–Trinajstić information content (AvgIpc) is 2.55. The van der Waals surface area contributed by atoms with Gasteiger partial charge in [0, 0.05) is 12.1 Å². The van der Waals surface area contributed by atoms with E-state index < -0.39 is 0 Å². The standard InChI is InChI=1S/C18H24N2O/c1-4-15(14-10-7-6-8-11-14)17(19-5-2)18-16(21-3)12-9-13-20-18/h6-13,15,17,19H,4-5H2,1-3H3. The van der Waals surface area contributed by atoms with Crippen molar-refractivity contribution in [3.8, 4) is 5.75 Å². The number of likely N-dealkylation sites (N-methyl/N-ethyl adjacent to an activating group) is 1. The molecule has 0 spiro atoms. The number of benzene rings is 1. The Hall–Kier alpha value is -1.87. The van der Waals surface area contributed by atoms with Crippen molar-refractivity contribution in [2.75, 3.05) is 13.7 Å². The zero-order valence-electron chi connectivity index (χ0n) is 13.0. The Morgan fingerprint density at radius 3 is 2.48 bits per heavy atom. The number of methoxy groups -OCH3 is 1. The maximum atomic E-state index is 5.50. The highest BCUT2D eigenvalue weighted by Gasteiger charge is 2.26. The van der Waals surface area contributed by atoms with Crippen LogP contribution < -0.4 is 10.1 Å². The molecule has 2 unspecified atom stereocenters. The Morgan fingerprint density at radius 1 is 1.10 bits per heavy atom. The minimum Gasteiger partial charge on any atom is -0.495 e. The summed E-state index contributed by atoms with van der Waals surface area (Å²) in [4.78, 5) is 4.58. The van der Waals surface area contributed by atoms with Gasteiger partial charge in [0.25, 0.3) is 0 Å². The van der Waals surface area contributed by atoms with Crippen molar-refractivity contribution in [3.63, 3.8) is 0 Å². The van der Waals surface area contributed by atoms with Crippen LogP contribution in [-0.2, 0) is 0 Å². The van der Waals surface area contributed by atoms with E-state index >= 15 is 0 Å². The molecule has 1 heterocycles. The lowest BCUT2D eigenvalue weighted by molar-refractivity contribution is 0.376. The quantitative estimate of drug-likeness (QED) is 0.836. The lowest BCUT2D eigenvalue weighted by Crippen LogP contribution is -2.28. The third-order valence-corrected chi connectivity index (χ3v) is 3.81. The molecule has 1 aromatic heterocycles. The number of aromatic nitrogens is 1. The van der Waals surface area contributed by atoms with Crippen molar-refractivity contribution in [2.24, 2.45) is 0 Å². The number of ether oxygens (including phenoxy) is 1. The molecular formula is C18H24N2O. The molecule has 1 aromatic carbocycles. The molecular weight excluding hydrogens is 260 g/mol. The van der Waals surface area contributed by atoms with Gasteiger partial charge in [-0.3, -0.25) is 4.98 Å². The second kappa shape index (κ2) is 7.79. The van der Waals surface area contributed by atoms with Crippen molar-refractivity contribution in [1.29, 1.82) is 0 Å². The summed E-state index contributed by atoms with van der Waals surface area (Å²) in [7, 11) is 1.70. The fraction of sp³-hybridized carbons (Fsp3) is 0.389. The van der Waals surface area contributed by atoms with Gasteiger partial charge in [-0.1, -0.05) is 44.2 Å². The number of nitrogens with zero attached hydrogens (tertiary/aromatic N) is 1. The van der Waals surface area contributed by atoms with Gasteiger partial charge < -0.3 is 10.1 Å². The summed E-state index contributed by atoms with van der Waals surface area (Å²) >= 11 is 0. The van der Waals surface area contributed by atoms with Crippen LogP contribution in [-0.4, -0.2) is 18.6 Å². The van der Waals surface area contributed by atoms with Crippen LogP contribution in [0.15, 0.2) is 48.7 Å². The van der Waals surface area contributed by atoms with E-state index in [0.717, 1.165) is 24.4 Å². The van der Waals surface area contributed by atoms with E-state index in [-0.39, 0.29) is 6.04 Å². The van der Waals surface area contributed by atoms with Gasteiger partial charge in [0.15, 0.2) is 0 Å². The van der Waals surface area contributed by atoms with Crippen molar-refractivity contribution in [1.82, 2.24) is 10.3 Å². The number of nitrogens with one attached hydrogen (secondary N) is 1. The predicted octanol–water partition coefficient (Wildman–Crippen LogP) is 3.93. The Morgan fingerprint density at radius 2 is 1.86 bits per heavy atom. The summed E-state index contributed by atoms with van der Waals surface area (Å²) in [5.74, 6) is 1.22. The molecule has 0 bridgehead atoms. The number of hydrogen-bond donors (Lipinski definition) is 1. The van der Waals surface area contributed by atoms with E-state index in [1.807, 2.05) is 18.3 Å². The van der Waals surface area contributed by atoms with Gasteiger partial charge in [-0.25, -0.2) is 0 Å². The molecule has 2 atom stereocenters. The molecule has 0 amide bonds. The fourth-order valence-electron chi connectivity index (χ4n) is 2.82. The van der Waals surface area contributed by atoms with Crippen LogP contribution >= 0.6 is 0 Å². The summed E-state index contributed by atoms with van der Waals surface area (Å²) in [5, 5.41) is 3.58. The maximum Gasteiger partial charge on any atom is 0.142 e. The topological polar surface area (TPSA) is 34.2 Å². The van der Waals surface area contributed by atoms with Crippen LogP contribution in [0.4, 0.5) is 0 Å². The monoisotopic (exact) mass is 284 g/mol. The van der Waals surface area contributed by atoms with E-state index in [4.69, 9.17) is 4.74 Å². The molecule has 112 valence electrons. The summed E-state index contributed by atoms with van der Waals surface area (Å²) in [6, 6.07) is 14.7. The highest BCUT2D eigenvalue weighted by atomic mass is 16.5. The first kappa shape index (κ1) is 15.5. The van der Waals surface area contributed by atoms with Crippen molar-refractivity contribution >= 4 is 0 Å². The Labute approximate surface area is 127 Å². The minimum absolute atomic E-state index is 0.151. The molecule has 0 aliphatic heterocycles. The first-order chi connectivity index (χ1) is 10.3. The molecule has 3 heteroatoms. The van der Waals surface area contributed by atoms with Crippen LogP contribution in [0, 0.1) is 0 Å². The summed E-state index contributed by atoms with van der Waals surface area (Å²) < 4.78 is 5.50. The van der Waals surface area contributed by atoms with Gasteiger partial charge in [-0.05, 0) is 30.7 Å². The third kappa shape index (κ3) is 3.61. The molecule has 3 nitrogen and oxygen atoms in total. The highest BCUT2D eigenvalue weighted by molar-refractivity contribution is 5.33. The lowest BCUT2D eigenvalue weighted by Gasteiger charge is -2.28. The van der Waals surface area contributed by atoms with Gasteiger partial charge in [0.05, 0.1) is 18.8 Å². The largest absolute Gasteiger partial charge is 0.495 e. The normalized spacial score (nSPS) is 13.7. The molecule has 21 heavy (non-hydrogen) atoms. The predicted molar refractivity (Wildman–Crippen MR) is 86.7 cm³/mol. The van der Waals surface area contributed by atoms with Gasteiger partial charge in [0.2, 0.25) is 0 Å². The van der Waals surface area contributed by atoms with E-state index in [2.05, 4.69) is 54.5 Å². The number of pyridine rings is 1. The molecule has 0 fully saturated rings. The van der Waals surface area contributed by atoms with E-state index in [1.165, 1.54) is 5.56 Å². The van der Waals surface area contributed by atoms with Crippen LogP contribution in [0.5, 0.6) is 5.75 Å². The van der Waals surface area contributed by atoms with E-state index in [0.29, 0.717) is 5.92 Å². The third-order valence-electron chi connectivity index (χ3n) is 3.81. The van der Waals surface area contributed by atoms with Crippen LogP contribution in [0.25, 0.3) is 0 Å². The van der Waals surface area contributed by atoms with Crippen LogP contribution in [0.3, 0.4) is 0 Å². The van der Waals surface area contributed by atoms with Gasteiger partial charge in [0.1, 0.15) is 5.75 Å². The first-order valence-corrected chi connectivity index (χ1v) is 7.59. The Balaban J connectivity index is 2.41. The number of hydrogen-bond acceptors (Lipinski definition) is 3. The lowest BCUT2D eigenvalue weighted by atomic mass is 9.86. The zero-order chi connectivity index (χ0) is 15.1. The zero-order valence-corrected chi connectivity index (χ0v) is 13.0. The fourth-order valence-corrected chi connectivity index (χ4v) is 2.82. The maximum absolute atomic E-state index is 5.50. The van der Waals surface area contributed by atoms with Gasteiger partial charge >= 0.3 is 0 Å².